The van der Waals surface area contributed by atoms with Gasteiger partial charge in [0.2, 0.25) is 5.91 Å². The van der Waals surface area contributed by atoms with E-state index in [2.05, 4.69) is 25.5 Å². The number of pyridine rings is 1. The van der Waals surface area contributed by atoms with E-state index in [1.807, 2.05) is 53.1 Å². The number of imidazole rings is 1. The van der Waals surface area contributed by atoms with Crippen molar-refractivity contribution in [3.8, 4) is 0 Å². The molecule has 0 atom stereocenters. The molecule has 7 nitrogen and oxygen atoms in total. The number of H-pyrrole nitrogens is 1. The first-order valence-electron chi connectivity index (χ1n) is 7.78. The van der Waals surface area contributed by atoms with Crippen molar-refractivity contribution in [2.24, 2.45) is 0 Å². The molecule has 0 unspecified atom stereocenters. The maximum atomic E-state index is 12.1. The highest BCUT2D eigenvalue weighted by Gasteiger charge is 2.09. The van der Waals surface area contributed by atoms with Gasteiger partial charge in [-0.05, 0) is 24.3 Å². The minimum absolute atomic E-state index is 0.0388. The van der Waals surface area contributed by atoms with Crippen molar-refractivity contribution < 1.29 is 4.79 Å². The molecule has 3 heterocycles. The lowest BCUT2D eigenvalue weighted by Gasteiger charge is -2.03. The third-order valence-corrected chi connectivity index (χ3v) is 3.86. The zero-order chi connectivity index (χ0) is 16.4. The van der Waals surface area contributed by atoms with E-state index in [4.69, 9.17) is 0 Å². The second-order valence-electron chi connectivity index (χ2n) is 5.52. The van der Waals surface area contributed by atoms with E-state index in [0.29, 0.717) is 25.2 Å². The van der Waals surface area contributed by atoms with Crippen LogP contribution in [0.2, 0.25) is 0 Å². The average molecular weight is 320 g/mol. The van der Waals surface area contributed by atoms with Gasteiger partial charge in [-0.1, -0.05) is 18.2 Å². The molecule has 24 heavy (non-hydrogen) atoms. The predicted octanol–water partition coefficient (Wildman–Crippen LogP) is 1.85. The van der Waals surface area contributed by atoms with Crippen molar-refractivity contribution in [3.63, 3.8) is 0 Å². The number of fused-ring (bicyclic) bond motifs is 2. The lowest BCUT2D eigenvalue weighted by molar-refractivity contribution is -0.121. The lowest BCUT2D eigenvalue weighted by Crippen LogP contribution is -2.24. The molecule has 0 aliphatic carbocycles. The Hall–Kier alpha value is -3.22. The molecule has 4 rings (SSSR count). The van der Waals surface area contributed by atoms with E-state index in [1.54, 1.807) is 0 Å². The number of carbonyl (C=O) groups excluding carboxylic acids is 1. The highest BCUT2D eigenvalue weighted by molar-refractivity contribution is 5.77. The number of rotatable bonds is 5. The summed E-state index contributed by atoms with van der Waals surface area (Å²) in [7, 11) is 0. The Balaban J connectivity index is 1.35. The molecular formula is C17H16N6O. The fourth-order valence-electron chi connectivity index (χ4n) is 2.63. The summed E-state index contributed by atoms with van der Waals surface area (Å²) in [6, 6.07) is 13.5. The number of benzene rings is 1. The second kappa shape index (κ2) is 6.11. The Morgan fingerprint density at radius 2 is 2.00 bits per heavy atom. The Bertz CT molecular complexity index is 969. The summed E-state index contributed by atoms with van der Waals surface area (Å²) in [5.41, 5.74) is 2.68. The van der Waals surface area contributed by atoms with Gasteiger partial charge in [0.1, 0.15) is 5.82 Å². The molecule has 0 radical (unpaired) electrons. The minimum atomic E-state index is -0.0388. The van der Waals surface area contributed by atoms with Crippen molar-refractivity contribution in [1.82, 2.24) is 29.9 Å². The molecule has 2 N–H and O–H groups in total. The SMILES string of the molecule is O=C(CCc1nc2ccccc2[nH]1)NCc1nnc2ccccn12. The molecule has 3 aromatic heterocycles. The largest absolute Gasteiger partial charge is 0.349 e. The van der Waals surface area contributed by atoms with Gasteiger partial charge in [-0.15, -0.1) is 10.2 Å². The lowest BCUT2D eigenvalue weighted by atomic mass is 10.3. The van der Waals surface area contributed by atoms with Crippen LogP contribution in [0.1, 0.15) is 18.1 Å². The smallest absolute Gasteiger partial charge is 0.220 e. The Morgan fingerprint density at radius 3 is 2.92 bits per heavy atom. The molecule has 0 aliphatic rings. The molecule has 0 fully saturated rings. The second-order valence-corrected chi connectivity index (χ2v) is 5.52. The van der Waals surface area contributed by atoms with Crippen LogP contribution in [0.25, 0.3) is 16.7 Å². The fourth-order valence-corrected chi connectivity index (χ4v) is 2.63. The van der Waals surface area contributed by atoms with Gasteiger partial charge in [0.05, 0.1) is 17.6 Å². The van der Waals surface area contributed by atoms with Crippen LogP contribution in [0.3, 0.4) is 0 Å². The fraction of sp³-hybridized carbons (Fsp3) is 0.176. The van der Waals surface area contributed by atoms with Crippen LogP contribution >= 0.6 is 0 Å². The zero-order valence-electron chi connectivity index (χ0n) is 12.9. The van der Waals surface area contributed by atoms with Crippen LogP contribution in [0.4, 0.5) is 0 Å². The summed E-state index contributed by atoms with van der Waals surface area (Å²) >= 11 is 0. The number of amides is 1. The van der Waals surface area contributed by atoms with Crippen LogP contribution in [0.15, 0.2) is 48.7 Å². The van der Waals surface area contributed by atoms with E-state index in [-0.39, 0.29) is 5.91 Å². The number of aryl methyl sites for hydroxylation is 1. The third-order valence-electron chi connectivity index (χ3n) is 3.86. The predicted molar refractivity (Wildman–Crippen MR) is 89.2 cm³/mol. The summed E-state index contributed by atoms with van der Waals surface area (Å²) in [6.45, 7) is 0.351. The summed E-state index contributed by atoms with van der Waals surface area (Å²) < 4.78 is 1.86. The van der Waals surface area contributed by atoms with Gasteiger partial charge in [0, 0.05) is 19.0 Å². The monoisotopic (exact) mass is 320 g/mol. The highest BCUT2D eigenvalue weighted by Crippen LogP contribution is 2.11. The quantitative estimate of drug-likeness (QED) is 0.587. The maximum absolute atomic E-state index is 12.1. The first-order chi connectivity index (χ1) is 11.8. The Labute approximate surface area is 137 Å². The van der Waals surface area contributed by atoms with Crippen LogP contribution in [-0.4, -0.2) is 30.5 Å². The molecule has 0 bridgehead atoms. The van der Waals surface area contributed by atoms with Crippen molar-refractivity contribution in [3.05, 3.63) is 60.3 Å². The molecule has 4 aromatic rings. The van der Waals surface area contributed by atoms with E-state index < -0.39 is 0 Å². The number of carbonyl (C=O) groups is 1. The van der Waals surface area contributed by atoms with Gasteiger partial charge in [-0.3, -0.25) is 9.20 Å². The number of nitrogens with one attached hydrogen (secondary N) is 2. The number of hydrogen-bond donors (Lipinski definition) is 2. The number of aromatic nitrogens is 5. The number of hydrogen-bond acceptors (Lipinski definition) is 4. The van der Waals surface area contributed by atoms with E-state index in [0.717, 1.165) is 22.5 Å². The Kier molecular flexibility index (Phi) is 3.66. The third kappa shape index (κ3) is 2.83. The minimum Gasteiger partial charge on any atom is -0.349 e. The number of aromatic amines is 1. The standard InChI is InChI=1S/C17H16N6O/c24-17(9-8-14-19-12-5-1-2-6-13(12)20-14)18-11-16-22-21-15-7-3-4-10-23(15)16/h1-7,10H,8-9,11H2,(H,18,24)(H,19,20). The van der Waals surface area contributed by atoms with E-state index in [1.165, 1.54) is 0 Å². The van der Waals surface area contributed by atoms with Crippen molar-refractivity contribution in [1.29, 1.82) is 0 Å². The van der Waals surface area contributed by atoms with E-state index in [9.17, 15) is 4.79 Å². The van der Waals surface area contributed by atoms with Crippen LogP contribution in [0, 0.1) is 0 Å². The normalized spacial score (nSPS) is 11.2. The molecular weight excluding hydrogens is 304 g/mol. The first-order valence-corrected chi connectivity index (χ1v) is 7.78. The average Bonchev–Trinajstić information content (AvgIpc) is 3.21. The van der Waals surface area contributed by atoms with Crippen molar-refractivity contribution >= 4 is 22.6 Å². The molecule has 7 heteroatoms. The molecule has 1 aromatic carbocycles. The van der Waals surface area contributed by atoms with Crippen molar-refractivity contribution in [2.45, 2.75) is 19.4 Å². The molecule has 0 saturated carbocycles. The summed E-state index contributed by atoms with van der Waals surface area (Å²) in [5, 5.41) is 11.0. The molecule has 1 amide bonds. The molecule has 0 aliphatic heterocycles. The van der Waals surface area contributed by atoms with Gasteiger partial charge in [-0.2, -0.15) is 0 Å². The topological polar surface area (TPSA) is 88.0 Å². The van der Waals surface area contributed by atoms with E-state index >= 15 is 0 Å². The Morgan fingerprint density at radius 1 is 1.12 bits per heavy atom. The van der Waals surface area contributed by atoms with Crippen LogP contribution < -0.4 is 5.32 Å². The summed E-state index contributed by atoms with van der Waals surface area (Å²) in [6.07, 6.45) is 2.82. The van der Waals surface area contributed by atoms with Crippen LogP contribution in [-0.2, 0) is 17.8 Å². The van der Waals surface area contributed by atoms with Gasteiger partial charge >= 0.3 is 0 Å². The first kappa shape index (κ1) is 14.4. The van der Waals surface area contributed by atoms with Gasteiger partial charge in [0.25, 0.3) is 0 Å². The number of nitrogens with zero attached hydrogens (tertiary/aromatic N) is 4. The maximum Gasteiger partial charge on any atom is 0.220 e. The summed E-state index contributed by atoms with van der Waals surface area (Å²) in [4.78, 5) is 19.8. The summed E-state index contributed by atoms with van der Waals surface area (Å²) in [5.74, 6) is 1.49. The number of para-hydroxylation sites is 2. The van der Waals surface area contributed by atoms with Gasteiger partial charge in [-0.25, -0.2) is 4.98 Å². The molecule has 0 saturated heterocycles. The molecule has 120 valence electrons. The van der Waals surface area contributed by atoms with Crippen LogP contribution in [0.5, 0.6) is 0 Å². The van der Waals surface area contributed by atoms with Gasteiger partial charge < -0.3 is 10.3 Å². The molecule has 0 spiro atoms. The van der Waals surface area contributed by atoms with Gasteiger partial charge in [0.15, 0.2) is 11.5 Å². The highest BCUT2D eigenvalue weighted by atomic mass is 16.1. The zero-order valence-corrected chi connectivity index (χ0v) is 12.9. The van der Waals surface area contributed by atoms with Crippen molar-refractivity contribution in [2.75, 3.05) is 0 Å².